The number of carboxylic acids is 1. The number of hydrogen-bond acceptors (Lipinski definition) is 4. The molecule has 1 fully saturated rings. The molecule has 0 aliphatic heterocycles. The Morgan fingerprint density at radius 2 is 1.95 bits per heavy atom. The summed E-state index contributed by atoms with van der Waals surface area (Å²) in [5, 5.41) is 17.6. The molecule has 7 heteroatoms. The van der Waals surface area contributed by atoms with Crippen LogP contribution in [0.25, 0.3) is 0 Å². The van der Waals surface area contributed by atoms with Gasteiger partial charge in [-0.3, -0.25) is 4.79 Å². The number of aliphatic carboxylic acids is 1. The smallest absolute Gasteiger partial charge is 0.326 e. The van der Waals surface area contributed by atoms with Crippen LogP contribution >= 0.6 is 11.6 Å². The number of carbonyl (C=O) groups is 1. The molecule has 1 aliphatic carbocycles. The number of hydrogen-bond donors (Lipinski definition) is 1. The molecule has 0 spiro atoms. The van der Waals surface area contributed by atoms with Crippen molar-refractivity contribution in [1.82, 2.24) is 0 Å². The van der Waals surface area contributed by atoms with Crippen LogP contribution in [0.4, 0.5) is 0 Å². The molecule has 1 aliphatic rings. The minimum absolute atomic E-state index is 0.457. The Bertz CT molecular complexity index is 677. The van der Waals surface area contributed by atoms with Gasteiger partial charge in [-0.1, -0.05) is 23.7 Å². The maximum absolute atomic E-state index is 11.7. The molecule has 0 radical (unpaired) electrons. The highest BCUT2D eigenvalue weighted by Crippen LogP contribution is 2.62. The number of nitrogens with zero attached hydrogens (tertiary/aromatic N) is 1. The highest BCUT2D eigenvalue weighted by Gasteiger charge is 2.76. The van der Waals surface area contributed by atoms with E-state index in [1.807, 2.05) is 0 Å². The van der Waals surface area contributed by atoms with Gasteiger partial charge in [-0.05, 0) is 17.7 Å². The first-order valence-electron chi connectivity index (χ1n) is 5.34. The van der Waals surface area contributed by atoms with Crippen LogP contribution in [0.3, 0.4) is 0 Å². The van der Waals surface area contributed by atoms with Crippen molar-refractivity contribution in [3.8, 4) is 6.07 Å². The maximum Gasteiger partial charge on any atom is 0.326 e. The molecule has 0 bridgehead atoms. The fourth-order valence-corrected chi connectivity index (χ4v) is 4.37. The third kappa shape index (κ3) is 1.99. The first kappa shape index (κ1) is 13.8. The summed E-state index contributed by atoms with van der Waals surface area (Å²) in [7, 11) is -3.64. The van der Waals surface area contributed by atoms with Crippen molar-refractivity contribution in [2.45, 2.75) is 11.2 Å². The Kier molecular flexibility index (Phi) is 3.07. The van der Waals surface area contributed by atoms with Crippen LogP contribution in [-0.4, -0.2) is 31.0 Å². The van der Waals surface area contributed by atoms with Crippen LogP contribution in [0.15, 0.2) is 24.3 Å². The largest absolute Gasteiger partial charge is 0.480 e. The average Bonchev–Trinajstić information content (AvgIpc) is 3.00. The molecule has 100 valence electrons. The summed E-state index contributed by atoms with van der Waals surface area (Å²) in [5.41, 5.74) is -1.41. The van der Waals surface area contributed by atoms with Crippen LogP contribution in [0.2, 0.25) is 5.02 Å². The molecule has 0 unspecified atom stereocenters. The van der Waals surface area contributed by atoms with Crippen LogP contribution in [0.1, 0.15) is 11.5 Å². The number of halogens is 1. The van der Waals surface area contributed by atoms with Crippen molar-refractivity contribution in [2.75, 3.05) is 6.26 Å². The van der Waals surface area contributed by atoms with Crippen molar-refractivity contribution in [1.29, 1.82) is 5.26 Å². The van der Waals surface area contributed by atoms with Gasteiger partial charge < -0.3 is 5.11 Å². The lowest BCUT2D eigenvalue weighted by molar-refractivity contribution is -0.141. The number of benzene rings is 1. The highest BCUT2D eigenvalue weighted by molar-refractivity contribution is 7.91. The second-order valence-electron chi connectivity index (χ2n) is 4.57. The molecule has 5 nitrogen and oxygen atoms in total. The molecule has 3 atom stereocenters. The number of carboxylic acid groups (broad SMARTS) is 1. The quantitative estimate of drug-likeness (QED) is 0.911. The van der Waals surface area contributed by atoms with Gasteiger partial charge in [0.1, 0.15) is 5.25 Å². The zero-order chi connectivity index (χ0) is 14.4. The third-order valence-corrected chi connectivity index (χ3v) is 5.18. The van der Waals surface area contributed by atoms with E-state index in [0.717, 1.165) is 6.26 Å². The fourth-order valence-electron chi connectivity index (χ4n) is 2.48. The van der Waals surface area contributed by atoms with Gasteiger partial charge in [0, 0.05) is 17.2 Å². The van der Waals surface area contributed by atoms with Crippen molar-refractivity contribution >= 4 is 27.4 Å². The Balaban J connectivity index is 2.54. The summed E-state index contributed by atoms with van der Waals surface area (Å²) < 4.78 is 23.4. The van der Waals surface area contributed by atoms with E-state index in [4.69, 9.17) is 16.9 Å². The number of sulfone groups is 1. The zero-order valence-corrected chi connectivity index (χ0v) is 11.4. The van der Waals surface area contributed by atoms with Crippen molar-refractivity contribution in [3.63, 3.8) is 0 Å². The van der Waals surface area contributed by atoms with Gasteiger partial charge in [0.15, 0.2) is 15.3 Å². The monoisotopic (exact) mass is 299 g/mol. The first-order chi connectivity index (χ1) is 8.75. The van der Waals surface area contributed by atoms with E-state index in [1.165, 1.54) is 0 Å². The highest BCUT2D eigenvalue weighted by atomic mass is 35.5. The Hall–Kier alpha value is -1.58. The predicted octanol–water partition coefficient (Wildman–Crippen LogP) is 1.44. The summed E-state index contributed by atoms with van der Waals surface area (Å²) >= 11 is 5.73. The minimum Gasteiger partial charge on any atom is -0.480 e. The Labute approximate surface area is 115 Å². The average molecular weight is 300 g/mol. The molecule has 0 amide bonds. The summed E-state index contributed by atoms with van der Waals surface area (Å²) in [6.07, 6.45) is 0.947. The first-order valence-corrected chi connectivity index (χ1v) is 7.67. The van der Waals surface area contributed by atoms with Crippen molar-refractivity contribution < 1.29 is 18.3 Å². The Morgan fingerprint density at radius 1 is 1.42 bits per heavy atom. The second kappa shape index (κ2) is 4.22. The van der Waals surface area contributed by atoms with E-state index in [0.29, 0.717) is 10.6 Å². The van der Waals surface area contributed by atoms with Gasteiger partial charge in [-0.25, -0.2) is 8.42 Å². The molecule has 0 aromatic heterocycles. The molecule has 1 N–H and O–H groups in total. The lowest BCUT2D eigenvalue weighted by Crippen LogP contribution is -2.21. The lowest BCUT2D eigenvalue weighted by atomic mass is 10.0. The maximum atomic E-state index is 11.7. The van der Waals surface area contributed by atoms with E-state index in [9.17, 15) is 18.3 Å². The molecule has 19 heavy (non-hydrogen) atoms. The third-order valence-electron chi connectivity index (χ3n) is 3.36. The molecular formula is C12H10ClNO4S. The summed E-state index contributed by atoms with van der Waals surface area (Å²) in [4.78, 5) is 11.3. The number of rotatable bonds is 3. The summed E-state index contributed by atoms with van der Waals surface area (Å²) in [5.74, 6) is -2.27. The molecular weight excluding hydrogens is 290 g/mol. The number of nitriles is 1. The Morgan fingerprint density at radius 3 is 2.26 bits per heavy atom. The van der Waals surface area contributed by atoms with Crippen molar-refractivity contribution in [3.05, 3.63) is 34.9 Å². The van der Waals surface area contributed by atoms with Crippen molar-refractivity contribution in [2.24, 2.45) is 5.41 Å². The molecule has 0 saturated heterocycles. The van der Waals surface area contributed by atoms with Gasteiger partial charge in [-0.2, -0.15) is 5.26 Å². The van der Waals surface area contributed by atoms with E-state index < -0.39 is 32.4 Å². The van der Waals surface area contributed by atoms with Gasteiger partial charge >= 0.3 is 5.97 Å². The normalized spacial score (nSPS) is 29.5. The molecule has 1 saturated carbocycles. The second-order valence-corrected chi connectivity index (χ2v) is 7.17. The van der Waals surface area contributed by atoms with E-state index in [-0.39, 0.29) is 0 Å². The zero-order valence-electron chi connectivity index (χ0n) is 9.87. The molecule has 0 heterocycles. The standard InChI is InChI=1S/C12H10ClNO4S/c1-19(17,18)10-9(12(10,6-14)11(15)16)7-2-4-8(13)5-3-7/h2-5,9-10H,1H3,(H,15,16)/t9-,10-,12-/m1/s1. The SMILES string of the molecule is CS(=O)(=O)[C@@H]1[C@@H](c2ccc(Cl)cc2)[C@@]1(C#N)C(=O)O. The summed E-state index contributed by atoms with van der Waals surface area (Å²) in [6.45, 7) is 0. The topological polar surface area (TPSA) is 95.2 Å². The van der Waals surface area contributed by atoms with Gasteiger partial charge in [0.2, 0.25) is 0 Å². The fraction of sp³-hybridized carbons (Fsp3) is 0.333. The van der Waals surface area contributed by atoms with Crippen LogP contribution < -0.4 is 0 Å². The van der Waals surface area contributed by atoms with E-state index in [2.05, 4.69) is 0 Å². The molecule has 1 aromatic rings. The van der Waals surface area contributed by atoms with Gasteiger partial charge in [0.05, 0.1) is 6.07 Å². The summed E-state index contributed by atoms with van der Waals surface area (Å²) in [6, 6.07) is 7.84. The van der Waals surface area contributed by atoms with Crippen LogP contribution in [-0.2, 0) is 14.6 Å². The van der Waals surface area contributed by atoms with Gasteiger partial charge in [-0.15, -0.1) is 0 Å². The molecule has 2 rings (SSSR count). The van der Waals surface area contributed by atoms with E-state index >= 15 is 0 Å². The minimum atomic E-state index is -3.64. The van der Waals surface area contributed by atoms with E-state index in [1.54, 1.807) is 30.3 Å². The lowest BCUT2D eigenvalue weighted by Gasteiger charge is -2.02. The van der Waals surface area contributed by atoms with Gasteiger partial charge in [0.25, 0.3) is 0 Å². The van der Waals surface area contributed by atoms with Crippen LogP contribution in [0, 0.1) is 16.7 Å². The van der Waals surface area contributed by atoms with Crippen LogP contribution in [0.5, 0.6) is 0 Å². The predicted molar refractivity (Wildman–Crippen MR) is 68.5 cm³/mol. The molecule has 1 aromatic carbocycles.